The second-order valence-electron chi connectivity index (χ2n) is 6.56. The first-order valence-electron chi connectivity index (χ1n) is 9.29. The lowest BCUT2D eigenvalue weighted by Crippen LogP contribution is -2.52. The smallest absolute Gasteiger partial charge is 0.227 e. The summed E-state index contributed by atoms with van der Waals surface area (Å²) in [5.41, 5.74) is 1.36. The number of anilines is 1. The topological polar surface area (TPSA) is 71.3 Å². The molecule has 1 fully saturated rings. The Balaban J connectivity index is 1.60. The number of amides is 2. The van der Waals surface area contributed by atoms with E-state index in [1.165, 1.54) is 0 Å². The van der Waals surface area contributed by atoms with Gasteiger partial charge in [0.2, 0.25) is 11.8 Å². The molecule has 3 rings (SSSR count). The van der Waals surface area contributed by atoms with Crippen molar-refractivity contribution in [3.8, 4) is 5.69 Å². The molecule has 1 aliphatic rings. The lowest BCUT2D eigenvalue weighted by molar-refractivity contribution is -0.148. The number of β-lactam (4-membered cyclic amide) rings is 1. The Morgan fingerprint density at radius 3 is 2.85 bits per heavy atom. The second-order valence-corrected chi connectivity index (χ2v) is 6.92. The normalized spacial score (nSPS) is 16.3. The van der Waals surface area contributed by atoms with Gasteiger partial charge in [-0.3, -0.25) is 14.6 Å². The van der Waals surface area contributed by atoms with E-state index in [1.54, 1.807) is 28.2 Å². The van der Waals surface area contributed by atoms with Gasteiger partial charge in [-0.15, -0.1) is 0 Å². The Morgan fingerprint density at radius 1 is 1.41 bits per heavy atom. The monoisotopic (exact) mass is 389 g/mol. The summed E-state index contributed by atoms with van der Waals surface area (Å²) in [7, 11) is 0. The maximum Gasteiger partial charge on any atom is 0.227 e. The minimum atomic E-state index is -0.00995. The molecule has 0 radical (unpaired) electrons. The molecular formula is C19H24ClN5O2. The maximum atomic E-state index is 12.7. The van der Waals surface area contributed by atoms with Crippen LogP contribution in [0.2, 0.25) is 5.15 Å². The van der Waals surface area contributed by atoms with Gasteiger partial charge >= 0.3 is 0 Å². The van der Waals surface area contributed by atoms with Gasteiger partial charge in [0.15, 0.2) is 5.15 Å². The molecule has 0 aromatic carbocycles. The number of carbonyl (C=O) groups is 2. The molecule has 0 N–H and O–H groups in total. The number of halogens is 1. The Bertz CT molecular complexity index is 808. The summed E-state index contributed by atoms with van der Waals surface area (Å²) < 4.78 is 1.62. The van der Waals surface area contributed by atoms with Gasteiger partial charge in [-0.05, 0) is 38.8 Å². The minimum absolute atomic E-state index is 0.00995. The van der Waals surface area contributed by atoms with Gasteiger partial charge in [0.1, 0.15) is 5.69 Å². The van der Waals surface area contributed by atoms with Crippen LogP contribution in [0, 0.1) is 5.92 Å². The molecule has 7 nitrogen and oxygen atoms in total. The van der Waals surface area contributed by atoms with E-state index >= 15 is 0 Å². The lowest BCUT2D eigenvalue weighted by atomic mass is 9.92. The van der Waals surface area contributed by atoms with E-state index < -0.39 is 0 Å². The van der Waals surface area contributed by atoms with Crippen LogP contribution in [0.25, 0.3) is 5.69 Å². The highest BCUT2D eigenvalue weighted by atomic mass is 35.5. The van der Waals surface area contributed by atoms with Crippen molar-refractivity contribution in [3.63, 3.8) is 0 Å². The van der Waals surface area contributed by atoms with Crippen molar-refractivity contribution in [2.24, 2.45) is 5.92 Å². The van der Waals surface area contributed by atoms with Crippen molar-refractivity contribution in [2.75, 3.05) is 24.5 Å². The van der Waals surface area contributed by atoms with Gasteiger partial charge in [0, 0.05) is 32.3 Å². The summed E-state index contributed by atoms with van der Waals surface area (Å²) in [5.74, 6) is 0.270. The summed E-state index contributed by atoms with van der Waals surface area (Å²) in [4.78, 5) is 32.1. The lowest BCUT2D eigenvalue weighted by Gasteiger charge is -2.37. The van der Waals surface area contributed by atoms with Gasteiger partial charge in [-0.25, -0.2) is 4.68 Å². The predicted molar refractivity (Wildman–Crippen MR) is 104 cm³/mol. The van der Waals surface area contributed by atoms with Gasteiger partial charge in [-0.2, -0.15) is 5.10 Å². The van der Waals surface area contributed by atoms with E-state index in [1.807, 2.05) is 30.9 Å². The zero-order valence-electron chi connectivity index (χ0n) is 15.6. The number of aromatic nitrogens is 3. The van der Waals surface area contributed by atoms with E-state index in [9.17, 15) is 9.59 Å². The summed E-state index contributed by atoms with van der Waals surface area (Å²) in [6.45, 7) is 5.96. The van der Waals surface area contributed by atoms with Crippen molar-refractivity contribution >= 4 is 29.1 Å². The van der Waals surface area contributed by atoms with Gasteiger partial charge in [-0.1, -0.05) is 11.6 Å². The minimum Gasteiger partial charge on any atom is -0.342 e. The number of carbonyl (C=O) groups excluding carboxylic acids is 2. The molecule has 0 spiro atoms. The van der Waals surface area contributed by atoms with E-state index in [4.69, 9.17) is 11.6 Å². The van der Waals surface area contributed by atoms with Crippen LogP contribution in [-0.2, 0) is 9.59 Å². The van der Waals surface area contributed by atoms with E-state index in [0.717, 1.165) is 25.2 Å². The quantitative estimate of drug-likeness (QED) is 0.651. The van der Waals surface area contributed by atoms with E-state index in [2.05, 4.69) is 10.1 Å². The largest absolute Gasteiger partial charge is 0.342 e. The Kier molecular flexibility index (Phi) is 6.11. The average Bonchev–Trinajstić information content (AvgIpc) is 3.06. The Labute approximate surface area is 163 Å². The summed E-state index contributed by atoms with van der Waals surface area (Å²) in [6, 6.07) is 3.68. The molecule has 2 amide bonds. The molecule has 1 aliphatic heterocycles. The van der Waals surface area contributed by atoms with Crippen LogP contribution in [0.15, 0.2) is 30.7 Å². The number of pyridine rings is 1. The van der Waals surface area contributed by atoms with Crippen molar-refractivity contribution in [1.29, 1.82) is 0 Å². The molecule has 27 heavy (non-hydrogen) atoms. The fraction of sp³-hybridized carbons (Fsp3) is 0.474. The number of hydrogen-bond donors (Lipinski definition) is 0. The van der Waals surface area contributed by atoms with E-state index in [0.29, 0.717) is 25.1 Å². The fourth-order valence-corrected chi connectivity index (χ4v) is 3.57. The zero-order valence-corrected chi connectivity index (χ0v) is 16.4. The average molecular weight is 390 g/mol. The van der Waals surface area contributed by atoms with Gasteiger partial charge in [0.05, 0.1) is 24.0 Å². The van der Waals surface area contributed by atoms with Crippen molar-refractivity contribution in [1.82, 2.24) is 19.7 Å². The van der Waals surface area contributed by atoms with Gasteiger partial charge in [0.25, 0.3) is 0 Å². The van der Waals surface area contributed by atoms with Crippen LogP contribution in [0.4, 0.5) is 5.69 Å². The number of likely N-dealkylation sites (tertiary alicyclic amines) is 1. The molecule has 144 valence electrons. The molecule has 1 unspecified atom stereocenters. The molecule has 2 aromatic rings. The van der Waals surface area contributed by atoms with Crippen molar-refractivity contribution in [3.05, 3.63) is 35.9 Å². The predicted octanol–water partition coefficient (Wildman–Crippen LogP) is 2.92. The van der Waals surface area contributed by atoms with Crippen LogP contribution in [0.3, 0.4) is 0 Å². The summed E-state index contributed by atoms with van der Waals surface area (Å²) in [5, 5.41) is 4.57. The van der Waals surface area contributed by atoms with Crippen LogP contribution in [-0.4, -0.2) is 51.1 Å². The first-order valence-corrected chi connectivity index (χ1v) is 9.67. The highest BCUT2D eigenvalue weighted by molar-refractivity contribution is 6.32. The fourth-order valence-electron chi connectivity index (χ4n) is 3.34. The molecule has 0 aliphatic carbocycles. The van der Waals surface area contributed by atoms with Crippen LogP contribution < -0.4 is 4.90 Å². The second kappa shape index (κ2) is 8.52. The number of nitrogens with zero attached hydrogens (tertiary/aromatic N) is 5. The number of hydrogen-bond acceptors (Lipinski definition) is 4. The van der Waals surface area contributed by atoms with Crippen molar-refractivity contribution < 1.29 is 9.59 Å². The SMILES string of the molecule is CCN1CC(CCCC(=O)N(CC)c2cn(-c3cccnc3)nc2Cl)C1=O. The highest BCUT2D eigenvalue weighted by Crippen LogP contribution is 2.27. The maximum absolute atomic E-state index is 12.7. The molecule has 1 saturated heterocycles. The molecule has 0 bridgehead atoms. The third kappa shape index (κ3) is 4.13. The van der Waals surface area contributed by atoms with Crippen molar-refractivity contribution in [2.45, 2.75) is 33.1 Å². The molecule has 3 heterocycles. The first-order chi connectivity index (χ1) is 13.0. The van der Waals surface area contributed by atoms with Gasteiger partial charge < -0.3 is 9.80 Å². The molecule has 2 aromatic heterocycles. The summed E-state index contributed by atoms with van der Waals surface area (Å²) >= 11 is 6.28. The summed E-state index contributed by atoms with van der Waals surface area (Å²) in [6.07, 6.45) is 6.94. The first kappa shape index (κ1) is 19.4. The third-order valence-electron chi connectivity index (χ3n) is 4.90. The molecular weight excluding hydrogens is 366 g/mol. The highest BCUT2D eigenvalue weighted by Gasteiger charge is 2.34. The third-order valence-corrected chi connectivity index (χ3v) is 5.17. The molecule has 0 saturated carbocycles. The molecule has 8 heteroatoms. The standard InChI is InChI=1S/C19H24ClN5O2/c1-3-23-12-14(19(23)27)7-5-9-17(26)24(4-2)16-13-25(22-18(16)20)15-8-6-10-21-11-15/h6,8,10-11,13-14H,3-5,7,9,12H2,1-2H3. The van der Waals surface area contributed by atoms with Crippen LogP contribution >= 0.6 is 11.6 Å². The molecule has 1 atom stereocenters. The Morgan fingerprint density at radius 2 is 2.22 bits per heavy atom. The van der Waals surface area contributed by atoms with Crippen LogP contribution in [0.1, 0.15) is 33.1 Å². The van der Waals surface area contributed by atoms with Crippen LogP contribution in [0.5, 0.6) is 0 Å². The zero-order chi connectivity index (χ0) is 19.4. The number of rotatable bonds is 8. The Hall–Kier alpha value is -2.41. The van der Waals surface area contributed by atoms with E-state index in [-0.39, 0.29) is 22.9 Å².